The van der Waals surface area contributed by atoms with Gasteiger partial charge in [0.1, 0.15) is 5.71 Å². The van der Waals surface area contributed by atoms with Crippen molar-refractivity contribution < 1.29 is 23.8 Å². The van der Waals surface area contributed by atoms with Gasteiger partial charge in [-0.3, -0.25) is 9.59 Å². The van der Waals surface area contributed by atoms with Gasteiger partial charge < -0.3 is 19.5 Å². The molecule has 1 heterocycles. The highest BCUT2D eigenvalue weighted by molar-refractivity contribution is 6.44. The number of amides is 2. The Balaban J connectivity index is 1.90. The third-order valence-corrected chi connectivity index (χ3v) is 4.81. The molecule has 8 nitrogen and oxygen atoms in total. The predicted molar refractivity (Wildman–Crippen MR) is 115 cm³/mol. The summed E-state index contributed by atoms with van der Waals surface area (Å²) in [4.78, 5) is 25.3. The predicted octanol–water partition coefficient (Wildman–Crippen LogP) is 3.45. The van der Waals surface area contributed by atoms with Gasteiger partial charge in [-0.1, -0.05) is 12.1 Å². The number of rotatable bonds is 6. The van der Waals surface area contributed by atoms with Crippen molar-refractivity contribution in [1.82, 2.24) is 0 Å². The first kappa shape index (κ1) is 21.2. The molecule has 0 atom stereocenters. The largest absolute Gasteiger partial charge is 0.493 e. The van der Waals surface area contributed by atoms with Crippen molar-refractivity contribution in [3.63, 3.8) is 0 Å². The van der Waals surface area contributed by atoms with Crippen LogP contribution < -0.4 is 24.5 Å². The minimum absolute atomic E-state index is 0.145. The Morgan fingerprint density at radius 3 is 2.27 bits per heavy atom. The van der Waals surface area contributed by atoms with Gasteiger partial charge in [-0.15, -0.1) is 0 Å². The van der Waals surface area contributed by atoms with E-state index in [1.54, 1.807) is 12.1 Å². The van der Waals surface area contributed by atoms with Crippen LogP contribution in [0.25, 0.3) is 0 Å². The molecular weight excluding hydrogens is 386 g/mol. The van der Waals surface area contributed by atoms with Crippen molar-refractivity contribution in [2.75, 3.05) is 31.7 Å². The molecule has 0 radical (unpaired) electrons. The minimum atomic E-state index is -0.396. The lowest BCUT2D eigenvalue weighted by Gasteiger charge is -2.25. The van der Waals surface area contributed by atoms with E-state index in [-0.39, 0.29) is 24.5 Å². The van der Waals surface area contributed by atoms with Gasteiger partial charge in [-0.2, -0.15) is 5.10 Å². The first-order valence-corrected chi connectivity index (χ1v) is 9.47. The van der Waals surface area contributed by atoms with Crippen molar-refractivity contribution in [3.8, 4) is 17.2 Å². The van der Waals surface area contributed by atoms with Gasteiger partial charge in [-0.05, 0) is 31.0 Å². The Morgan fingerprint density at radius 2 is 1.67 bits per heavy atom. The van der Waals surface area contributed by atoms with Crippen molar-refractivity contribution in [2.45, 2.75) is 26.7 Å². The van der Waals surface area contributed by atoms with Crippen LogP contribution in [-0.2, 0) is 9.59 Å². The highest BCUT2D eigenvalue weighted by Crippen LogP contribution is 2.40. The van der Waals surface area contributed by atoms with Crippen molar-refractivity contribution in [3.05, 3.63) is 41.5 Å². The summed E-state index contributed by atoms with van der Waals surface area (Å²) in [6, 6.07) is 9.05. The number of hydrogen-bond acceptors (Lipinski definition) is 6. The normalized spacial score (nSPS) is 13.6. The summed E-state index contributed by atoms with van der Waals surface area (Å²) in [6.07, 6.45) is 0.464. The lowest BCUT2D eigenvalue weighted by molar-refractivity contribution is -0.118. The second kappa shape index (κ2) is 8.86. The Morgan fingerprint density at radius 1 is 1.00 bits per heavy atom. The van der Waals surface area contributed by atoms with Crippen LogP contribution in [0.1, 0.15) is 24.0 Å². The number of hydrazone groups is 1. The maximum absolute atomic E-state index is 12.9. The number of aryl methyl sites for hydroxylation is 2. The third kappa shape index (κ3) is 4.22. The zero-order chi connectivity index (χ0) is 21.8. The monoisotopic (exact) mass is 411 g/mol. The summed E-state index contributed by atoms with van der Waals surface area (Å²) in [7, 11) is 4.51. The van der Waals surface area contributed by atoms with E-state index in [1.165, 1.54) is 26.3 Å². The van der Waals surface area contributed by atoms with E-state index in [4.69, 9.17) is 14.2 Å². The van der Waals surface area contributed by atoms with Crippen LogP contribution in [0.15, 0.2) is 35.4 Å². The quantitative estimate of drug-likeness (QED) is 0.786. The van der Waals surface area contributed by atoms with E-state index >= 15 is 0 Å². The molecule has 3 rings (SSSR count). The van der Waals surface area contributed by atoms with Crippen molar-refractivity contribution >= 4 is 28.9 Å². The van der Waals surface area contributed by atoms with Crippen LogP contribution in [0.4, 0.5) is 11.4 Å². The van der Waals surface area contributed by atoms with Gasteiger partial charge in [0.15, 0.2) is 11.5 Å². The van der Waals surface area contributed by atoms with Gasteiger partial charge >= 0.3 is 0 Å². The maximum Gasteiger partial charge on any atom is 0.271 e. The molecule has 0 unspecified atom stereocenters. The molecule has 2 aromatic carbocycles. The molecule has 0 spiro atoms. The zero-order valence-corrected chi connectivity index (χ0v) is 17.7. The van der Waals surface area contributed by atoms with Crippen LogP contribution in [-0.4, -0.2) is 38.9 Å². The summed E-state index contributed by atoms with van der Waals surface area (Å²) < 4.78 is 15.9. The fourth-order valence-corrected chi connectivity index (χ4v) is 3.21. The average Bonchev–Trinajstić information content (AvgIpc) is 2.75. The van der Waals surface area contributed by atoms with Crippen LogP contribution in [0.2, 0.25) is 0 Å². The molecule has 158 valence electrons. The molecule has 0 saturated heterocycles. The summed E-state index contributed by atoms with van der Waals surface area (Å²) in [5.41, 5.74) is 3.33. The first-order chi connectivity index (χ1) is 14.4. The molecule has 0 bridgehead atoms. The fourth-order valence-electron chi connectivity index (χ4n) is 3.21. The van der Waals surface area contributed by atoms with Crippen molar-refractivity contribution in [1.29, 1.82) is 0 Å². The summed E-state index contributed by atoms with van der Waals surface area (Å²) in [5, 5.41) is 8.47. The van der Waals surface area contributed by atoms with E-state index in [0.717, 1.165) is 11.1 Å². The number of anilines is 2. The second-order valence-corrected chi connectivity index (χ2v) is 6.91. The van der Waals surface area contributed by atoms with Crippen LogP contribution in [0.3, 0.4) is 0 Å². The molecule has 2 amide bonds. The number of hydrogen-bond donors (Lipinski definition) is 1. The van der Waals surface area contributed by atoms with E-state index in [2.05, 4.69) is 10.4 Å². The zero-order valence-electron chi connectivity index (χ0n) is 17.7. The lowest BCUT2D eigenvalue weighted by atomic mass is 10.1. The summed E-state index contributed by atoms with van der Waals surface area (Å²) in [6.45, 7) is 3.85. The number of benzene rings is 2. The molecule has 8 heteroatoms. The van der Waals surface area contributed by atoms with Gasteiger partial charge in [0.25, 0.3) is 5.91 Å². The summed E-state index contributed by atoms with van der Waals surface area (Å²) >= 11 is 0. The standard InChI is InChI=1S/C22H25N3O5/c1-13-6-7-14(2)17(10-13)25-20(26)9-8-16(24-25)22(27)23-15-11-18(28-3)21(30-5)19(12-15)29-4/h6-7,10-12H,8-9H2,1-5H3,(H,23,27). The van der Waals surface area contributed by atoms with Crippen LogP contribution >= 0.6 is 0 Å². The lowest BCUT2D eigenvalue weighted by Crippen LogP contribution is -2.36. The molecule has 0 fully saturated rings. The molecule has 1 aliphatic heterocycles. The Labute approximate surface area is 175 Å². The Bertz CT molecular complexity index is 991. The molecule has 1 N–H and O–H groups in total. The van der Waals surface area contributed by atoms with Gasteiger partial charge in [0.2, 0.25) is 11.7 Å². The Hall–Kier alpha value is -3.55. The topological polar surface area (TPSA) is 89.5 Å². The van der Waals surface area contributed by atoms with E-state index < -0.39 is 5.91 Å². The number of ether oxygens (including phenoxy) is 3. The Kier molecular flexibility index (Phi) is 6.25. The molecule has 0 aromatic heterocycles. The van der Waals surface area contributed by atoms with Crippen molar-refractivity contribution in [2.24, 2.45) is 5.10 Å². The van der Waals surface area contributed by atoms with Crippen LogP contribution in [0.5, 0.6) is 17.2 Å². The number of nitrogens with one attached hydrogen (secondary N) is 1. The molecule has 0 aliphatic carbocycles. The number of carbonyl (C=O) groups excluding carboxylic acids is 2. The van der Waals surface area contributed by atoms with Gasteiger partial charge in [-0.25, -0.2) is 5.01 Å². The molecule has 1 aliphatic rings. The smallest absolute Gasteiger partial charge is 0.271 e. The molecule has 2 aromatic rings. The average molecular weight is 411 g/mol. The molecule has 30 heavy (non-hydrogen) atoms. The van der Waals surface area contributed by atoms with Crippen LogP contribution in [0, 0.1) is 13.8 Å². The number of methoxy groups -OCH3 is 3. The highest BCUT2D eigenvalue weighted by atomic mass is 16.5. The summed E-state index contributed by atoms with van der Waals surface area (Å²) in [5.74, 6) is 0.731. The highest BCUT2D eigenvalue weighted by Gasteiger charge is 2.27. The van der Waals surface area contributed by atoms with Gasteiger partial charge in [0.05, 0.1) is 27.0 Å². The first-order valence-electron chi connectivity index (χ1n) is 9.47. The fraction of sp³-hybridized carbons (Fsp3) is 0.318. The number of nitrogens with zero attached hydrogens (tertiary/aromatic N) is 2. The number of carbonyl (C=O) groups is 2. The molecular formula is C22H25N3O5. The van der Waals surface area contributed by atoms with E-state index in [9.17, 15) is 9.59 Å². The second-order valence-electron chi connectivity index (χ2n) is 6.91. The van der Waals surface area contributed by atoms with Gasteiger partial charge in [0, 0.05) is 30.7 Å². The SMILES string of the molecule is COc1cc(NC(=O)C2=NN(c3cc(C)ccc3C)C(=O)CC2)cc(OC)c1OC. The molecule has 0 saturated carbocycles. The maximum atomic E-state index is 12.9. The minimum Gasteiger partial charge on any atom is -0.493 e. The van der Waals surface area contributed by atoms with E-state index in [1.807, 2.05) is 32.0 Å². The third-order valence-electron chi connectivity index (χ3n) is 4.81. The van der Waals surface area contributed by atoms with E-state index in [0.29, 0.717) is 28.6 Å².